The van der Waals surface area contributed by atoms with Crippen LogP contribution in [0.1, 0.15) is 45.8 Å². The smallest absolute Gasteiger partial charge is 0.270 e. The van der Waals surface area contributed by atoms with Crippen LogP contribution < -0.4 is 5.32 Å². The number of imidazole rings is 1. The van der Waals surface area contributed by atoms with Gasteiger partial charge >= 0.3 is 0 Å². The lowest BCUT2D eigenvalue weighted by Gasteiger charge is -2.29. The molecule has 36 heavy (non-hydrogen) atoms. The molecule has 1 aliphatic heterocycles. The van der Waals surface area contributed by atoms with Gasteiger partial charge in [0.15, 0.2) is 4.96 Å². The van der Waals surface area contributed by atoms with E-state index in [9.17, 15) is 14.0 Å². The summed E-state index contributed by atoms with van der Waals surface area (Å²) in [5.41, 5.74) is 3.45. The van der Waals surface area contributed by atoms with Gasteiger partial charge in [0.25, 0.3) is 11.8 Å². The van der Waals surface area contributed by atoms with Gasteiger partial charge in [-0.15, -0.1) is 11.3 Å². The average molecular weight is 503 g/mol. The molecule has 0 unspecified atom stereocenters. The number of aromatic nitrogens is 2. The predicted molar refractivity (Wildman–Crippen MR) is 138 cm³/mol. The van der Waals surface area contributed by atoms with Crippen LogP contribution in [0.2, 0.25) is 0 Å². The van der Waals surface area contributed by atoms with Crippen LogP contribution in [0.4, 0.5) is 4.39 Å². The van der Waals surface area contributed by atoms with Crippen molar-refractivity contribution in [2.45, 2.75) is 32.2 Å². The molecule has 2 fully saturated rings. The van der Waals surface area contributed by atoms with Crippen LogP contribution >= 0.6 is 11.3 Å². The number of rotatable bonds is 5. The summed E-state index contributed by atoms with van der Waals surface area (Å²) < 4.78 is 15.3. The van der Waals surface area contributed by atoms with Crippen LogP contribution in [-0.4, -0.2) is 45.2 Å². The number of halogens is 1. The Morgan fingerprint density at radius 3 is 2.78 bits per heavy atom. The molecular weight excluding hydrogens is 475 g/mol. The van der Waals surface area contributed by atoms with E-state index in [1.54, 1.807) is 12.1 Å². The molecule has 1 aliphatic carbocycles. The number of nitrogens with zero attached hydrogens (tertiary/aromatic N) is 3. The predicted octanol–water partition coefficient (Wildman–Crippen LogP) is 5.18. The first kappa shape index (κ1) is 22.9. The maximum Gasteiger partial charge on any atom is 0.270 e. The van der Waals surface area contributed by atoms with Gasteiger partial charge in [0.05, 0.1) is 11.7 Å². The van der Waals surface area contributed by atoms with E-state index in [2.05, 4.69) is 10.3 Å². The molecule has 4 aromatic rings. The molecule has 8 heteroatoms. The second kappa shape index (κ2) is 9.17. The maximum atomic E-state index is 13.9. The topological polar surface area (TPSA) is 66.7 Å². The number of hydrogen-bond donors (Lipinski definition) is 1. The Morgan fingerprint density at radius 1 is 1.14 bits per heavy atom. The van der Waals surface area contributed by atoms with Gasteiger partial charge in [0.1, 0.15) is 11.5 Å². The number of nitrogens with one attached hydrogen (secondary N) is 1. The number of fused-ring (bicyclic) bond motifs is 2. The molecule has 2 amide bonds. The highest BCUT2D eigenvalue weighted by Gasteiger charge is 2.46. The van der Waals surface area contributed by atoms with Crippen LogP contribution in [0, 0.1) is 24.6 Å². The van der Waals surface area contributed by atoms with Crippen LogP contribution in [0.3, 0.4) is 0 Å². The Hall–Kier alpha value is -3.52. The minimum absolute atomic E-state index is 0.0377. The molecule has 3 heterocycles. The molecule has 0 radical (unpaired) electrons. The van der Waals surface area contributed by atoms with E-state index in [-0.39, 0.29) is 23.7 Å². The average Bonchev–Trinajstić information content (AvgIpc) is 3.64. The Labute approximate surface area is 212 Å². The fourth-order valence-corrected chi connectivity index (χ4v) is 6.83. The zero-order chi connectivity index (χ0) is 24.8. The molecule has 0 bridgehead atoms. The van der Waals surface area contributed by atoms with Gasteiger partial charge in [-0.05, 0) is 60.9 Å². The second-order valence-electron chi connectivity index (χ2n) is 9.74. The molecular formula is C28H27FN4O2S. The lowest BCUT2D eigenvalue weighted by atomic mass is 9.93. The van der Waals surface area contributed by atoms with Gasteiger partial charge in [-0.1, -0.05) is 36.8 Å². The van der Waals surface area contributed by atoms with Gasteiger partial charge in [-0.25, -0.2) is 9.37 Å². The van der Waals surface area contributed by atoms with E-state index in [0.717, 1.165) is 35.4 Å². The first-order valence-electron chi connectivity index (χ1n) is 12.4. The van der Waals surface area contributed by atoms with Gasteiger partial charge in [0.2, 0.25) is 0 Å². The van der Waals surface area contributed by atoms with Gasteiger partial charge < -0.3 is 10.2 Å². The van der Waals surface area contributed by atoms with Crippen molar-refractivity contribution in [3.63, 3.8) is 0 Å². The highest BCUT2D eigenvalue weighted by Crippen LogP contribution is 2.43. The molecule has 1 saturated heterocycles. The molecule has 6 nitrogen and oxygen atoms in total. The third-order valence-corrected chi connectivity index (χ3v) is 8.50. The number of carbonyl (C=O) groups is 2. The Morgan fingerprint density at radius 2 is 1.94 bits per heavy atom. The summed E-state index contributed by atoms with van der Waals surface area (Å²) in [6, 6.07) is 13.7. The number of amides is 2. The number of likely N-dealkylation sites (tertiary alicyclic amines) is 1. The molecule has 2 aromatic carbocycles. The van der Waals surface area contributed by atoms with E-state index < -0.39 is 0 Å². The van der Waals surface area contributed by atoms with Crippen LogP contribution in [0.5, 0.6) is 0 Å². The standard InChI is InChI=1S/C28H27FN4O2S/c1-17-25(32-13-14-36-28(32)31-17)26(34)30-15-24-22-8-4-5-19(22)16-33(24)27(35)23-7-3-2-6-21(23)18-9-11-20(29)12-10-18/h2-3,6-7,9-14,19,22,24H,4-5,8,15-16H2,1H3,(H,30,34)/t19-,22-,24+/m0/s1. The lowest BCUT2D eigenvalue weighted by molar-refractivity contribution is 0.0701. The van der Waals surface area contributed by atoms with E-state index in [1.165, 1.54) is 23.5 Å². The quantitative estimate of drug-likeness (QED) is 0.409. The minimum atomic E-state index is -0.307. The monoisotopic (exact) mass is 502 g/mol. The molecule has 184 valence electrons. The van der Waals surface area contributed by atoms with E-state index in [1.807, 2.05) is 52.1 Å². The third-order valence-electron chi connectivity index (χ3n) is 7.74. The highest BCUT2D eigenvalue weighted by atomic mass is 32.1. The fraction of sp³-hybridized carbons (Fsp3) is 0.321. The van der Waals surface area contributed by atoms with Crippen LogP contribution in [0.25, 0.3) is 16.1 Å². The van der Waals surface area contributed by atoms with Crippen molar-refractivity contribution in [3.05, 3.63) is 82.9 Å². The first-order chi connectivity index (χ1) is 17.5. The van der Waals surface area contributed by atoms with E-state index in [4.69, 9.17) is 0 Å². The molecule has 3 atom stereocenters. The summed E-state index contributed by atoms with van der Waals surface area (Å²) >= 11 is 1.50. The molecule has 2 aromatic heterocycles. The Bertz CT molecular complexity index is 1440. The van der Waals surface area contributed by atoms with Crippen molar-refractivity contribution in [3.8, 4) is 11.1 Å². The molecule has 2 aliphatic rings. The second-order valence-corrected chi connectivity index (χ2v) is 10.6. The zero-order valence-corrected chi connectivity index (χ0v) is 20.8. The number of benzene rings is 2. The summed E-state index contributed by atoms with van der Waals surface area (Å²) in [5, 5.41) is 5.03. The third kappa shape index (κ3) is 3.89. The lowest BCUT2D eigenvalue weighted by Crippen LogP contribution is -2.46. The summed E-state index contributed by atoms with van der Waals surface area (Å²) in [7, 11) is 0. The van der Waals surface area contributed by atoms with Crippen molar-refractivity contribution in [2.24, 2.45) is 11.8 Å². The zero-order valence-electron chi connectivity index (χ0n) is 20.0. The van der Waals surface area contributed by atoms with Crippen LogP contribution in [-0.2, 0) is 0 Å². The van der Waals surface area contributed by atoms with Crippen molar-refractivity contribution in [1.29, 1.82) is 0 Å². The largest absolute Gasteiger partial charge is 0.349 e. The molecule has 1 saturated carbocycles. The summed E-state index contributed by atoms with van der Waals surface area (Å²) in [6.07, 6.45) is 5.19. The molecule has 6 rings (SSSR count). The van der Waals surface area contributed by atoms with Gasteiger partial charge in [-0.2, -0.15) is 0 Å². The minimum Gasteiger partial charge on any atom is -0.349 e. The number of hydrogen-bond acceptors (Lipinski definition) is 4. The summed E-state index contributed by atoms with van der Waals surface area (Å²) in [6.45, 7) is 2.95. The number of thiazole rings is 1. The maximum absolute atomic E-state index is 13.9. The van der Waals surface area contributed by atoms with Crippen molar-refractivity contribution in [1.82, 2.24) is 19.6 Å². The van der Waals surface area contributed by atoms with Crippen molar-refractivity contribution < 1.29 is 14.0 Å². The summed E-state index contributed by atoms with van der Waals surface area (Å²) in [4.78, 5) is 34.4. The molecule has 0 spiro atoms. The van der Waals surface area contributed by atoms with Crippen LogP contribution in [0.15, 0.2) is 60.1 Å². The van der Waals surface area contributed by atoms with E-state index in [0.29, 0.717) is 41.9 Å². The fourth-order valence-electron chi connectivity index (χ4n) is 6.07. The Kier molecular flexibility index (Phi) is 5.84. The van der Waals surface area contributed by atoms with Crippen molar-refractivity contribution >= 4 is 28.1 Å². The summed E-state index contributed by atoms with van der Waals surface area (Å²) in [5.74, 6) is 0.316. The molecule has 1 N–H and O–H groups in total. The number of carbonyl (C=O) groups excluding carboxylic acids is 2. The SMILES string of the molecule is Cc1nc2sccn2c1C(=O)NC[C@@H]1[C@H]2CCC[C@H]2CN1C(=O)c1ccccc1-c1ccc(F)cc1. The number of aryl methyl sites for hydroxylation is 1. The Balaban J connectivity index is 1.27. The van der Waals surface area contributed by atoms with Crippen molar-refractivity contribution in [2.75, 3.05) is 13.1 Å². The van der Waals surface area contributed by atoms with Gasteiger partial charge in [0, 0.05) is 30.2 Å². The highest BCUT2D eigenvalue weighted by molar-refractivity contribution is 7.15. The van der Waals surface area contributed by atoms with E-state index >= 15 is 0 Å². The normalized spacial score (nSPS) is 21.2. The first-order valence-corrected chi connectivity index (χ1v) is 13.3. The van der Waals surface area contributed by atoms with Gasteiger partial charge in [-0.3, -0.25) is 14.0 Å².